The summed E-state index contributed by atoms with van der Waals surface area (Å²) in [6.45, 7) is 1.55. The molecule has 7 heteroatoms. The van der Waals surface area contributed by atoms with Crippen LogP contribution in [-0.4, -0.2) is 21.0 Å². The van der Waals surface area contributed by atoms with Crippen LogP contribution in [0.4, 0.5) is 5.95 Å². The molecule has 0 fully saturated rings. The Morgan fingerprint density at radius 2 is 1.88 bits per heavy atom. The standard InChI is InChI=1S/C19H16BrN3O3/c1-11-17(18(24)25)15(23-19(21)22-11)10-26-16-8-7-13(9-14(16)20)12-5-3-2-4-6-12/h2-9H,10H2,1H3,(H,24,25)(H2,21,22,23). The summed E-state index contributed by atoms with van der Waals surface area (Å²) in [5.74, 6) is -0.514. The molecule has 3 aromatic rings. The van der Waals surface area contributed by atoms with Gasteiger partial charge >= 0.3 is 5.97 Å². The number of carbonyl (C=O) groups is 1. The zero-order valence-electron chi connectivity index (χ0n) is 13.9. The first-order valence-corrected chi connectivity index (χ1v) is 8.59. The topological polar surface area (TPSA) is 98.3 Å². The van der Waals surface area contributed by atoms with Crippen LogP contribution in [0.2, 0.25) is 0 Å². The molecule has 0 spiro atoms. The van der Waals surface area contributed by atoms with Crippen molar-refractivity contribution in [2.45, 2.75) is 13.5 Å². The molecule has 2 aromatic carbocycles. The number of carboxylic acids is 1. The van der Waals surface area contributed by atoms with Gasteiger partial charge in [0.25, 0.3) is 0 Å². The Morgan fingerprint density at radius 3 is 2.54 bits per heavy atom. The van der Waals surface area contributed by atoms with Crippen LogP contribution in [0.25, 0.3) is 11.1 Å². The monoisotopic (exact) mass is 413 g/mol. The molecule has 0 radical (unpaired) electrons. The molecule has 0 aliphatic heterocycles. The molecule has 3 N–H and O–H groups in total. The number of aryl methyl sites for hydroxylation is 1. The third-order valence-corrected chi connectivity index (χ3v) is 4.42. The average Bonchev–Trinajstić information content (AvgIpc) is 2.60. The Morgan fingerprint density at radius 1 is 1.15 bits per heavy atom. The number of nitrogens with two attached hydrogens (primary N) is 1. The Balaban J connectivity index is 1.84. The van der Waals surface area contributed by atoms with Gasteiger partial charge in [0.05, 0.1) is 15.9 Å². The second-order valence-corrected chi connectivity index (χ2v) is 6.45. The minimum atomic E-state index is -1.11. The largest absolute Gasteiger partial charge is 0.486 e. The molecule has 0 unspecified atom stereocenters. The molecule has 0 saturated heterocycles. The summed E-state index contributed by atoms with van der Waals surface area (Å²) in [6, 6.07) is 15.7. The van der Waals surface area contributed by atoms with Gasteiger partial charge in [0, 0.05) is 0 Å². The van der Waals surface area contributed by atoms with Crippen LogP contribution in [0.15, 0.2) is 53.0 Å². The lowest BCUT2D eigenvalue weighted by Crippen LogP contribution is -2.14. The summed E-state index contributed by atoms with van der Waals surface area (Å²) < 4.78 is 6.52. The van der Waals surface area contributed by atoms with Gasteiger partial charge in [-0.3, -0.25) is 0 Å². The lowest BCUT2D eigenvalue weighted by molar-refractivity contribution is 0.0691. The molecule has 0 aliphatic carbocycles. The molecular weight excluding hydrogens is 398 g/mol. The minimum absolute atomic E-state index is 0.0104. The maximum Gasteiger partial charge on any atom is 0.339 e. The molecule has 132 valence electrons. The molecule has 3 rings (SSSR count). The van der Waals surface area contributed by atoms with Crippen molar-refractivity contribution >= 4 is 27.8 Å². The molecule has 0 atom stereocenters. The second-order valence-electron chi connectivity index (χ2n) is 5.59. The van der Waals surface area contributed by atoms with Crippen LogP contribution in [0.1, 0.15) is 21.7 Å². The fourth-order valence-electron chi connectivity index (χ4n) is 2.61. The zero-order valence-corrected chi connectivity index (χ0v) is 15.5. The first kappa shape index (κ1) is 17.9. The number of hydrogen-bond acceptors (Lipinski definition) is 5. The number of rotatable bonds is 5. The number of aromatic nitrogens is 2. The van der Waals surface area contributed by atoms with Crippen molar-refractivity contribution < 1.29 is 14.6 Å². The number of ether oxygens (including phenoxy) is 1. The van der Waals surface area contributed by atoms with E-state index in [1.165, 1.54) is 0 Å². The Labute approximate surface area is 158 Å². The van der Waals surface area contributed by atoms with E-state index in [-0.39, 0.29) is 23.8 Å². The highest BCUT2D eigenvalue weighted by molar-refractivity contribution is 9.10. The summed E-state index contributed by atoms with van der Waals surface area (Å²) in [6.07, 6.45) is 0. The van der Waals surface area contributed by atoms with Crippen molar-refractivity contribution in [3.8, 4) is 16.9 Å². The van der Waals surface area contributed by atoms with Crippen LogP contribution in [0, 0.1) is 6.92 Å². The summed E-state index contributed by atoms with van der Waals surface area (Å²) in [7, 11) is 0. The molecule has 1 aromatic heterocycles. The second kappa shape index (κ2) is 7.53. The number of hydrogen-bond donors (Lipinski definition) is 2. The highest BCUT2D eigenvalue weighted by atomic mass is 79.9. The van der Waals surface area contributed by atoms with Crippen molar-refractivity contribution in [3.05, 3.63) is 70.0 Å². The van der Waals surface area contributed by atoms with Crippen molar-refractivity contribution in [2.75, 3.05) is 5.73 Å². The van der Waals surface area contributed by atoms with E-state index in [0.29, 0.717) is 11.4 Å². The summed E-state index contributed by atoms with van der Waals surface area (Å²) in [5, 5.41) is 9.37. The fraction of sp³-hybridized carbons (Fsp3) is 0.105. The Kier molecular flexibility index (Phi) is 5.18. The number of benzene rings is 2. The third-order valence-electron chi connectivity index (χ3n) is 3.80. The molecule has 0 saturated carbocycles. The van der Waals surface area contributed by atoms with Crippen LogP contribution in [0.3, 0.4) is 0 Å². The normalized spacial score (nSPS) is 10.5. The van der Waals surface area contributed by atoms with Gasteiger partial charge in [0.15, 0.2) is 0 Å². The van der Waals surface area contributed by atoms with Gasteiger partial charge in [-0.25, -0.2) is 14.8 Å². The zero-order chi connectivity index (χ0) is 18.7. The summed E-state index contributed by atoms with van der Waals surface area (Å²) in [4.78, 5) is 19.4. The van der Waals surface area contributed by atoms with Gasteiger partial charge in [-0.05, 0) is 46.1 Å². The molecule has 0 aliphatic rings. The van der Waals surface area contributed by atoms with E-state index < -0.39 is 5.97 Å². The first-order chi connectivity index (χ1) is 12.5. The van der Waals surface area contributed by atoms with Crippen molar-refractivity contribution in [1.29, 1.82) is 0 Å². The fourth-order valence-corrected chi connectivity index (χ4v) is 3.11. The lowest BCUT2D eigenvalue weighted by Gasteiger charge is -2.12. The Bertz CT molecular complexity index is 962. The lowest BCUT2D eigenvalue weighted by atomic mass is 10.1. The van der Waals surface area contributed by atoms with E-state index >= 15 is 0 Å². The molecule has 6 nitrogen and oxygen atoms in total. The van der Waals surface area contributed by atoms with E-state index in [2.05, 4.69) is 25.9 Å². The smallest absolute Gasteiger partial charge is 0.339 e. The van der Waals surface area contributed by atoms with Gasteiger partial charge in [-0.15, -0.1) is 0 Å². The van der Waals surface area contributed by atoms with Crippen LogP contribution < -0.4 is 10.5 Å². The summed E-state index contributed by atoms with van der Waals surface area (Å²) in [5.41, 5.74) is 8.32. The van der Waals surface area contributed by atoms with E-state index in [1.807, 2.05) is 48.5 Å². The molecule has 0 bridgehead atoms. The summed E-state index contributed by atoms with van der Waals surface area (Å²) >= 11 is 3.50. The first-order valence-electron chi connectivity index (χ1n) is 7.79. The third kappa shape index (κ3) is 3.83. The number of halogens is 1. The van der Waals surface area contributed by atoms with Gasteiger partial charge in [-0.1, -0.05) is 36.4 Å². The number of carboxylic acid groups (broad SMARTS) is 1. The maximum absolute atomic E-state index is 11.4. The average molecular weight is 414 g/mol. The number of nitrogens with zero attached hydrogens (tertiary/aromatic N) is 2. The molecule has 1 heterocycles. The van der Waals surface area contributed by atoms with E-state index in [4.69, 9.17) is 10.5 Å². The van der Waals surface area contributed by atoms with Gasteiger partial charge < -0.3 is 15.6 Å². The molecule has 26 heavy (non-hydrogen) atoms. The Hall–Kier alpha value is -2.93. The predicted octanol–water partition coefficient (Wildman–Crippen LogP) is 4.07. The molecular formula is C19H16BrN3O3. The SMILES string of the molecule is Cc1nc(N)nc(COc2ccc(-c3ccccc3)cc2Br)c1C(=O)O. The van der Waals surface area contributed by atoms with Crippen LogP contribution >= 0.6 is 15.9 Å². The van der Waals surface area contributed by atoms with Crippen molar-refractivity contribution in [2.24, 2.45) is 0 Å². The van der Waals surface area contributed by atoms with E-state index in [9.17, 15) is 9.90 Å². The number of anilines is 1. The molecule has 0 amide bonds. The van der Waals surface area contributed by atoms with Crippen molar-refractivity contribution in [3.63, 3.8) is 0 Å². The minimum Gasteiger partial charge on any atom is -0.486 e. The van der Waals surface area contributed by atoms with E-state index in [0.717, 1.165) is 15.6 Å². The quantitative estimate of drug-likeness (QED) is 0.653. The van der Waals surface area contributed by atoms with Gasteiger partial charge in [0.1, 0.15) is 17.9 Å². The highest BCUT2D eigenvalue weighted by Gasteiger charge is 2.18. The van der Waals surface area contributed by atoms with E-state index in [1.54, 1.807) is 6.92 Å². The highest BCUT2D eigenvalue weighted by Crippen LogP contribution is 2.31. The van der Waals surface area contributed by atoms with Gasteiger partial charge in [-0.2, -0.15) is 0 Å². The van der Waals surface area contributed by atoms with Crippen LogP contribution in [0.5, 0.6) is 5.75 Å². The number of nitrogen functional groups attached to an aromatic ring is 1. The van der Waals surface area contributed by atoms with Crippen molar-refractivity contribution in [1.82, 2.24) is 9.97 Å². The van der Waals surface area contributed by atoms with Gasteiger partial charge in [0.2, 0.25) is 5.95 Å². The maximum atomic E-state index is 11.4. The van der Waals surface area contributed by atoms with Crippen LogP contribution in [-0.2, 0) is 6.61 Å². The number of aromatic carboxylic acids is 1. The predicted molar refractivity (Wildman–Crippen MR) is 102 cm³/mol.